The number of hydrogen-bond donors (Lipinski definition) is 1. The molecule has 144 valence electrons. The largest absolute Gasteiger partial charge is 0.359 e. The first kappa shape index (κ1) is 18.4. The molecule has 2 heterocycles. The van der Waals surface area contributed by atoms with Gasteiger partial charge in [-0.15, -0.1) is 0 Å². The standard InChI is InChI=1S/C22H18N4O3/c23-13-16-7-4-8-17-18(14-24-19(16)17)20(27)22(29)26-11-9-25(10-12-26)21(28)15-5-2-1-3-6-15/h1-8,14,24H,9-12H2. The molecule has 4 rings (SSSR count). The van der Waals surface area contributed by atoms with Gasteiger partial charge in [0.1, 0.15) is 6.07 Å². The van der Waals surface area contributed by atoms with Gasteiger partial charge in [0.15, 0.2) is 0 Å². The molecule has 0 radical (unpaired) electrons. The number of para-hydroxylation sites is 1. The van der Waals surface area contributed by atoms with Crippen LogP contribution in [0.4, 0.5) is 0 Å². The highest BCUT2D eigenvalue weighted by molar-refractivity contribution is 6.45. The van der Waals surface area contributed by atoms with Crippen molar-refractivity contribution in [2.75, 3.05) is 26.2 Å². The summed E-state index contributed by atoms with van der Waals surface area (Å²) >= 11 is 0. The highest BCUT2D eigenvalue weighted by Crippen LogP contribution is 2.22. The smallest absolute Gasteiger partial charge is 0.295 e. The minimum Gasteiger partial charge on any atom is -0.359 e. The molecule has 29 heavy (non-hydrogen) atoms. The maximum atomic E-state index is 12.8. The van der Waals surface area contributed by atoms with E-state index in [-0.39, 0.29) is 11.5 Å². The van der Waals surface area contributed by atoms with Crippen LogP contribution in [0, 0.1) is 11.3 Å². The highest BCUT2D eigenvalue weighted by atomic mass is 16.2. The Morgan fingerprint density at radius 3 is 2.28 bits per heavy atom. The predicted octanol–water partition coefficient (Wildman–Crippen LogP) is 2.21. The summed E-state index contributed by atoms with van der Waals surface area (Å²) in [5, 5.41) is 9.74. The number of ketones is 1. The first-order valence-electron chi connectivity index (χ1n) is 9.28. The predicted molar refractivity (Wildman–Crippen MR) is 106 cm³/mol. The van der Waals surface area contributed by atoms with Crippen LogP contribution in [0.1, 0.15) is 26.3 Å². The Morgan fingerprint density at radius 2 is 1.59 bits per heavy atom. The first-order chi connectivity index (χ1) is 14.1. The van der Waals surface area contributed by atoms with Gasteiger partial charge in [-0.25, -0.2) is 0 Å². The Morgan fingerprint density at radius 1 is 0.897 bits per heavy atom. The number of H-pyrrole nitrogens is 1. The van der Waals surface area contributed by atoms with Crippen molar-refractivity contribution in [2.45, 2.75) is 0 Å². The lowest BCUT2D eigenvalue weighted by Gasteiger charge is -2.34. The molecular formula is C22H18N4O3. The summed E-state index contributed by atoms with van der Waals surface area (Å²) in [5.74, 6) is -1.29. The Hall–Kier alpha value is -3.92. The van der Waals surface area contributed by atoms with Gasteiger partial charge in [0.2, 0.25) is 0 Å². The monoisotopic (exact) mass is 386 g/mol. The number of Topliss-reactive ketones (excluding diaryl/α,β-unsaturated/α-hetero) is 1. The zero-order valence-electron chi connectivity index (χ0n) is 15.6. The third-order valence-corrected chi connectivity index (χ3v) is 5.15. The van der Waals surface area contributed by atoms with Gasteiger partial charge in [-0.1, -0.05) is 30.3 Å². The zero-order chi connectivity index (χ0) is 20.4. The maximum Gasteiger partial charge on any atom is 0.295 e. The van der Waals surface area contributed by atoms with Gasteiger partial charge in [-0.05, 0) is 18.2 Å². The number of fused-ring (bicyclic) bond motifs is 1. The van der Waals surface area contributed by atoms with Crippen LogP contribution in [-0.2, 0) is 4.79 Å². The number of hydrogen-bond acceptors (Lipinski definition) is 4. The summed E-state index contributed by atoms with van der Waals surface area (Å²) in [6, 6.07) is 16.1. The first-order valence-corrected chi connectivity index (χ1v) is 9.28. The molecule has 1 N–H and O–H groups in total. The van der Waals surface area contributed by atoms with Crippen molar-refractivity contribution in [2.24, 2.45) is 0 Å². The van der Waals surface area contributed by atoms with Crippen LogP contribution in [0.2, 0.25) is 0 Å². The van der Waals surface area contributed by atoms with Crippen LogP contribution in [0.3, 0.4) is 0 Å². The van der Waals surface area contributed by atoms with Gasteiger partial charge in [-0.3, -0.25) is 14.4 Å². The number of nitriles is 1. The van der Waals surface area contributed by atoms with Gasteiger partial charge < -0.3 is 14.8 Å². The van der Waals surface area contributed by atoms with Crippen molar-refractivity contribution < 1.29 is 14.4 Å². The Kier molecular flexibility index (Phi) is 4.83. The fraction of sp³-hybridized carbons (Fsp3) is 0.182. The lowest BCUT2D eigenvalue weighted by Crippen LogP contribution is -2.52. The number of nitrogens with one attached hydrogen (secondary N) is 1. The summed E-state index contributed by atoms with van der Waals surface area (Å²) in [5.41, 5.74) is 1.83. The molecule has 0 bridgehead atoms. The average molecular weight is 386 g/mol. The molecule has 1 aromatic heterocycles. The van der Waals surface area contributed by atoms with Crippen LogP contribution < -0.4 is 0 Å². The number of carbonyl (C=O) groups excluding carboxylic acids is 3. The number of carbonyl (C=O) groups is 3. The van der Waals surface area contributed by atoms with Crippen molar-refractivity contribution in [3.05, 3.63) is 71.4 Å². The lowest BCUT2D eigenvalue weighted by atomic mass is 10.1. The molecule has 0 unspecified atom stereocenters. The summed E-state index contributed by atoms with van der Waals surface area (Å²) in [6.45, 7) is 1.35. The van der Waals surface area contributed by atoms with Crippen molar-refractivity contribution in [3.63, 3.8) is 0 Å². The molecule has 0 spiro atoms. The molecule has 2 aromatic carbocycles. The lowest BCUT2D eigenvalue weighted by molar-refractivity contribution is -0.127. The molecular weight excluding hydrogens is 368 g/mol. The number of aromatic amines is 1. The van der Waals surface area contributed by atoms with Crippen LogP contribution in [-0.4, -0.2) is 58.6 Å². The number of rotatable bonds is 3. The molecule has 0 saturated carbocycles. The van der Waals surface area contributed by atoms with E-state index < -0.39 is 11.7 Å². The normalized spacial score (nSPS) is 13.9. The minimum absolute atomic E-state index is 0.0790. The van der Waals surface area contributed by atoms with Crippen molar-refractivity contribution >= 4 is 28.5 Å². The van der Waals surface area contributed by atoms with Gasteiger partial charge >= 0.3 is 0 Å². The molecule has 1 aliphatic rings. The second-order valence-electron chi connectivity index (χ2n) is 6.82. The quantitative estimate of drug-likeness (QED) is 0.551. The second kappa shape index (κ2) is 7.60. The average Bonchev–Trinajstić information content (AvgIpc) is 3.22. The van der Waals surface area contributed by atoms with E-state index in [0.29, 0.717) is 48.2 Å². The van der Waals surface area contributed by atoms with Crippen LogP contribution in [0.25, 0.3) is 10.9 Å². The molecule has 7 nitrogen and oxygen atoms in total. The topological polar surface area (TPSA) is 97.3 Å². The Bertz CT molecular complexity index is 1140. The molecule has 1 fully saturated rings. The van der Waals surface area contributed by atoms with E-state index >= 15 is 0 Å². The van der Waals surface area contributed by atoms with Gasteiger partial charge in [0, 0.05) is 43.3 Å². The SMILES string of the molecule is N#Cc1cccc2c(C(=O)C(=O)N3CCN(C(=O)c4ccccc4)CC3)c[nH]c12. The summed E-state index contributed by atoms with van der Waals surface area (Å²) < 4.78 is 0. The molecule has 3 aromatic rings. The van der Waals surface area contributed by atoms with E-state index in [1.165, 1.54) is 11.1 Å². The van der Waals surface area contributed by atoms with Crippen molar-refractivity contribution in [1.29, 1.82) is 5.26 Å². The van der Waals surface area contributed by atoms with E-state index in [9.17, 15) is 19.6 Å². The number of benzene rings is 2. The minimum atomic E-state index is -0.617. The highest BCUT2D eigenvalue weighted by Gasteiger charge is 2.30. The van der Waals surface area contributed by atoms with Crippen LogP contribution in [0.5, 0.6) is 0 Å². The number of aromatic nitrogens is 1. The van der Waals surface area contributed by atoms with Gasteiger partial charge in [-0.2, -0.15) is 5.26 Å². The molecule has 2 amide bonds. The van der Waals surface area contributed by atoms with E-state index in [0.717, 1.165) is 0 Å². The van der Waals surface area contributed by atoms with E-state index in [1.54, 1.807) is 35.2 Å². The fourth-order valence-electron chi connectivity index (χ4n) is 3.57. The molecule has 1 saturated heterocycles. The van der Waals surface area contributed by atoms with Crippen molar-refractivity contribution in [1.82, 2.24) is 14.8 Å². The summed E-state index contributed by atoms with van der Waals surface area (Å²) in [4.78, 5) is 44.1. The summed E-state index contributed by atoms with van der Waals surface area (Å²) in [7, 11) is 0. The van der Waals surface area contributed by atoms with Crippen LogP contribution in [0.15, 0.2) is 54.7 Å². The van der Waals surface area contributed by atoms with Crippen molar-refractivity contribution in [3.8, 4) is 6.07 Å². The molecule has 7 heteroatoms. The molecule has 0 aliphatic carbocycles. The zero-order valence-corrected chi connectivity index (χ0v) is 15.6. The number of piperazine rings is 1. The Balaban J connectivity index is 1.46. The van der Waals surface area contributed by atoms with E-state index in [4.69, 9.17) is 0 Å². The van der Waals surface area contributed by atoms with Gasteiger partial charge in [0.05, 0.1) is 16.6 Å². The van der Waals surface area contributed by atoms with E-state index in [2.05, 4.69) is 11.1 Å². The Labute approximate surface area is 167 Å². The second-order valence-corrected chi connectivity index (χ2v) is 6.82. The number of amides is 2. The van der Waals surface area contributed by atoms with E-state index in [1.807, 2.05) is 18.2 Å². The maximum absolute atomic E-state index is 12.8. The molecule has 1 aliphatic heterocycles. The third-order valence-electron chi connectivity index (χ3n) is 5.15. The summed E-state index contributed by atoms with van der Waals surface area (Å²) in [6.07, 6.45) is 1.47. The number of nitrogens with zero attached hydrogens (tertiary/aromatic N) is 3. The van der Waals surface area contributed by atoms with Crippen LogP contribution >= 0.6 is 0 Å². The van der Waals surface area contributed by atoms with Gasteiger partial charge in [0.25, 0.3) is 17.6 Å². The fourth-order valence-corrected chi connectivity index (χ4v) is 3.57. The third kappa shape index (κ3) is 3.36. The molecule has 0 atom stereocenters.